The number of carbonyl (C=O) groups is 2. The summed E-state index contributed by atoms with van der Waals surface area (Å²) >= 11 is 0. The Kier molecular flexibility index (Phi) is 4.82. The van der Waals surface area contributed by atoms with E-state index in [0.717, 1.165) is 12.8 Å². The van der Waals surface area contributed by atoms with E-state index in [9.17, 15) is 9.59 Å². The van der Waals surface area contributed by atoms with Gasteiger partial charge < -0.3 is 29.3 Å². The molecule has 0 aromatic heterocycles. The number of benzene rings is 1. The molecule has 0 unspecified atom stereocenters. The zero-order chi connectivity index (χ0) is 18.9. The quantitative estimate of drug-likeness (QED) is 0.856. The highest BCUT2D eigenvalue weighted by atomic mass is 16.7. The number of nitrogens with one attached hydrogen (secondary N) is 1. The Morgan fingerprint density at radius 3 is 2.67 bits per heavy atom. The first-order valence-corrected chi connectivity index (χ1v) is 9.46. The van der Waals surface area contributed by atoms with Gasteiger partial charge in [0, 0.05) is 44.4 Å². The molecule has 3 aliphatic rings. The van der Waals surface area contributed by atoms with Gasteiger partial charge in [0.05, 0.1) is 12.2 Å². The van der Waals surface area contributed by atoms with Crippen molar-refractivity contribution in [3.05, 3.63) is 18.2 Å². The van der Waals surface area contributed by atoms with Crippen molar-refractivity contribution in [1.82, 2.24) is 9.80 Å². The molecule has 3 heterocycles. The van der Waals surface area contributed by atoms with Crippen molar-refractivity contribution in [2.24, 2.45) is 0 Å². The number of hydrogen-bond acceptors (Lipinski definition) is 5. The second kappa shape index (κ2) is 7.26. The standard InChI is InChI=1S/C19H25N3O5/c1-2-17(23)22-9-10-27-19(12-22)5-7-21(8-6-19)18(24)20-14-3-4-15-16(11-14)26-13-25-15/h3-4,11H,2,5-10,12-13H2,1H3,(H,20,24). The summed E-state index contributed by atoms with van der Waals surface area (Å²) in [5.74, 6) is 1.50. The molecule has 1 spiro atoms. The van der Waals surface area contributed by atoms with E-state index < -0.39 is 0 Å². The smallest absolute Gasteiger partial charge is 0.321 e. The maximum Gasteiger partial charge on any atom is 0.321 e. The molecule has 2 fully saturated rings. The van der Waals surface area contributed by atoms with Gasteiger partial charge in [-0.25, -0.2) is 4.79 Å². The third kappa shape index (κ3) is 3.66. The lowest BCUT2D eigenvalue weighted by Crippen LogP contribution is -2.58. The lowest BCUT2D eigenvalue weighted by Gasteiger charge is -2.47. The van der Waals surface area contributed by atoms with Crippen LogP contribution in [0.2, 0.25) is 0 Å². The van der Waals surface area contributed by atoms with Gasteiger partial charge in [-0.15, -0.1) is 0 Å². The van der Waals surface area contributed by atoms with E-state index in [4.69, 9.17) is 14.2 Å². The molecule has 2 saturated heterocycles. The maximum absolute atomic E-state index is 12.6. The third-order valence-electron chi connectivity index (χ3n) is 5.49. The van der Waals surface area contributed by atoms with Crippen LogP contribution in [0.5, 0.6) is 11.5 Å². The number of nitrogens with zero attached hydrogens (tertiary/aromatic N) is 2. The maximum atomic E-state index is 12.6. The highest BCUT2D eigenvalue weighted by molar-refractivity contribution is 5.89. The van der Waals surface area contributed by atoms with Crippen LogP contribution in [0, 0.1) is 0 Å². The van der Waals surface area contributed by atoms with E-state index in [1.54, 1.807) is 23.1 Å². The van der Waals surface area contributed by atoms with Crippen LogP contribution in [-0.4, -0.2) is 66.9 Å². The topological polar surface area (TPSA) is 80.3 Å². The second-order valence-corrected chi connectivity index (χ2v) is 7.19. The molecule has 8 heteroatoms. The van der Waals surface area contributed by atoms with E-state index in [1.165, 1.54) is 0 Å². The minimum atomic E-state index is -0.321. The monoisotopic (exact) mass is 375 g/mol. The highest BCUT2D eigenvalue weighted by Gasteiger charge is 2.41. The van der Waals surface area contributed by atoms with E-state index >= 15 is 0 Å². The average molecular weight is 375 g/mol. The molecule has 1 aromatic carbocycles. The van der Waals surface area contributed by atoms with Crippen molar-refractivity contribution in [1.29, 1.82) is 0 Å². The Morgan fingerprint density at radius 2 is 1.89 bits per heavy atom. The summed E-state index contributed by atoms with van der Waals surface area (Å²) in [7, 11) is 0. The van der Waals surface area contributed by atoms with Crippen LogP contribution in [0.1, 0.15) is 26.2 Å². The summed E-state index contributed by atoms with van der Waals surface area (Å²) in [6.45, 7) is 5.14. The van der Waals surface area contributed by atoms with E-state index in [2.05, 4.69) is 5.32 Å². The van der Waals surface area contributed by atoms with Crippen molar-refractivity contribution in [3.8, 4) is 11.5 Å². The number of ether oxygens (including phenoxy) is 3. The van der Waals surface area contributed by atoms with Crippen molar-refractivity contribution in [2.45, 2.75) is 31.8 Å². The van der Waals surface area contributed by atoms with Gasteiger partial charge in [-0.2, -0.15) is 0 Å². The predicted octanol–water partition coefficient (Wildman–Crippen LogP) is 2.05. The molecule has 3 amide bonds. The van der Waals surface area contributed by atoms with Crippen molar-refractivity contribution >= 4 is 17.6 Å². The van der Waals surface area contributed by atoms with Crippen molar-refractivity contribution in [3.63, 3.8) is 0 Å². The minimum absolute atomic E-state index is 0.138. The van der Waals surface area contributed by atoms with Gasteiger partial charge in [-0.3, -0.25) is 4.79 Å². The molecule has 27 heavy (non-hydrogen) atoms. The van der Waals surface area contributed by atoms with E-state index in [1.807, 2.05) is 11.8 Å². The van der Waals surface area contributed by atoms with Gasteiger partial charge in [0.25, 0.3) is 0 Å². The zero-order valence-electron chi connectivity index (χ0n) is 15.5. The lowest BCUT2D eigenvalue weighted by atomic mass is 9.89. The Labute approximate surface area is 158 Å². The molecule has 0 saturated carbocycles. The summed E-state index contributed by atoms with van der Waals surface area (Å²) in [5, 5.41) is 2.91. The average Bonchev–Trinajstić information content (AvgIpc) is 3.16. The largest absolute Gasteiger partial charge is 0.454 e. The number of likely N-dealkylation sites (tertiary alicyclic amines) is 1. The number of carbonyl (C=O) groups excluding carboxylic acids is 2. The summed E-state index contributed by atoms with van der Waals surface area (Å²) in [5.41, 5.74) is 0.358. The van der Waals surface area contributed by atoms with Crippen LogP contribution in [0.15, 0.2) is 18.2 Å². The predicted molar refractivity (Wildman–Crippen MR) is 97.9 cm³/mol. The van der Waals surface area contributed by atoms with Gasteiger partial charge in [0.1, 0.15) is 0 Å². The molecule has 0 radical (unpaired) electrons. The molecule has 1 aromatic rings. The van der Waals surface area contributed by atoms with Gasteiger partial charge >= 0.3 is 6.03 Å². The Bertz CT molecular complexity index is 730. The molecule has 1 N–H and O–H groups in total. The summed E-state index contributed by atoms with van der Waals surface area (Å²) < 4.78 is 16.7. The van der Waals surface area contributed by atoms with Crippen LogP contribution in [0.4, 0.5) is 10.5 Å². The number of amides is 3. The van der Waals surface area contributed by atoms with Gasteiger partial charge in [-0.05, 0) is 25.0 Å². The fourth-order valence-corrected chi connectivity index (χ4v) is 3.88. The van der Waals surface area contributed by atoms with Crippen LogP contribution in [-0.2, 0) is 9.53 Å². The summed E-state index contributed by atoms with van der Waals surface area (Å²) in [6, 6.07) is 5.22. The normalized spacial score (nSPS) is 20.6. The molecule has 146 valence electrons. The highest BCUT2D eigenvalue weighted by Crippen LogP contribution is 2.35. The molecule has 3 aliphatic heterocycles. The van der Waals surface area contributed by atoms with Gasteiger partial charge in [-0.1, -0.05) is 6.92 Å². The summed E-state index contributed by atoms with van der Waals surface area (Å²) in [6.07, 6.45) is 1.98. The summed E-state index contributed by atoms with van der Waals surface area (Å²) in [4.78, 5) is 28.3. The number of anilines is 1. The first-order valence-electron chi connectivity index (χ1n) is 9.46. The molecule has 0 atom stereocenters. The Hall–Kier alpha value is -2.48. The zero-order valence-corrected chi connectivity index (χ0v) is 15.5. The van der Waals surface area contributed by atoms with Crippen LogP contribution in [0.3, 0.4) is 0 Å². The number of fused-ring (bicyclic) bond motifs is 1. The molecular formula is C19H25N3O5. The Morgan fingerprint density at radius 1 is 1.11 bits per heavy atom. The number of morpholine rings is 1. The van der Waals surface area contributed by atoms with Gasteiger partial charge in [0.2, 0.25) is 12.7 Å². The number of urea groups is 1. The van der Waals surface area contributed by atoms with Crippen molar-refractivity contribution in [2.75, 3.05) is 44.9 Å². The first-order chi connectivity index (χ1) is 13.1. The Balaban J connectivity index is 1.33. The number of rotatable bonds is 2. The molecular weight excluding hydrogens is 350 g/mol. The second-order valence-electron chi connectivity index (χ2n) is 7.19. The van der Waals surface area contributed by atoms with Crippen LogP contribution < -0.4 is 14.8 Å². The van der Waals surface area contributed by atoms with Crippen LogP contribution >= 0.6 is 0 Å². The lowest BCUT2D eigenvalue weighted by molar-refractivity contribution is -0.157. The molecule has 4 rings (SSSR count). The number of piperidine rings is 1. The first kappa shape index (κ1) is 17.9. The van der Waals surface area contributed by atoms with Gasteiger partial charge in [0.15, 0.2) is 11.5 Å². The minimum Gasteiger partial charge on any atom is -0.454 e. The SMILES string of the molecule is CCC(=O)N1CCOC2(CCN(C(=O)Nc3ccc4c(c3)OCO4)CC2)C1. The van der Waals surface area contributed by atoms with E-state index in [0.29, 0.717) is 56.4 Å². The van der Waals surface area contributed by atoms with E-state index in [-0.39, 0.29) is 24.3 Å². The molecule has 8 nitrogen and oxygen atoms in total. The fraction of sp³-hybridized carbons (Fsp3) is 0.579. The van der Waals surface area contributed by atoms with Crippen LogP contribution in [0.25, 0.3) is 0 Å². The number of hydrogen-bond donors (Lipinski definition) is 1. The fourth-order valence-electron chi connectivity index (χ4n) is 3.88. The van der Waals surface area contributed by atoms with Crippen molar-refractivity contribution < 1.29 is 23.8 Å². The molecule has 0 bridgehead atoms. The molecule has 0 aliphatic carbocycles. The third-order valence-corrected chi connectivity index (χ3v) is 5.49.